The third-order valence-electron chi connectivity index (χ3n) is 4.10. The Labute approximate surface area is 190 Å². The fourth-order valence-corrected chi connectivity index (χ4v) is 2.77. The average molecular weight is 448 g/mol. The normalized spacial score (nSPS) is 12.9. The summed E-state index contributed by atoms with van der Waals surface area (Å²) in [6.45, 7) is 13.4. The van der Waals surface area contributed by atoms with Crippen LogP contribution in [0.25, 0.3) is 17.3 Å². The number of carbonyl (C=O) groups is 2. The van der Waals surface area contributed by atoms with E-state index in [-0.39, 0.29) is 18.0 Å². The van der Waals surface area contributed by atoms with E-state index in [2.05, 4.69) is 13.8 Å². The summed E-state index contributed by atoms with van der Waals surface area (Å²) in [5.74, 6) is 0.545. The predicted molar refractivity (Wildman–Crippen MR) is 126 cm³/mol. The summed E-state index contributed by atoms with van der Waals surface area (Å²) in [7, 11) is 3.81. The number of ether oxygens (including phenoxy) is 2. The van der Waals surface area contributed by atoms with Crippen molar-refractivity contribution in [3.63, 3.8) is 0 Å². The molecule has 1 aliphatic rings. The van der Waals surface area contributed by atoms with Gasteiger partial charge in [0.2, 0.25) is 5.95 Å². The lowest BCUT2D eigenvalue weighted by Crippen LogP contribution is -2.16. The Kier molecular flexibility index (Phi) is 14.3. The summed E-state index contributed by atoms with van der Waals surface area (Å²) in [6.07, 6.45) is 3.47. The zero-order valence-electron chi connectivity index (χ0n) is 19.8. The van der Waals surface area contributed by atoms with Gasteiger partial charge in [-0.1, -0.05) is 27.7 Å². The van der Waals surface area contributed by atoms with Gasteiger partial charge >= 0.3 is 0 Å². The second-order valence-electron chi connectivity index (χ2n) is 6.70. The molecule has 1 aromatic heterocycles. The standard InChI is InChI=1S/C20H24FN3O2.C2H6.2CH2O/c1-13(2)18-16(9-10-17-25-11-12-26-17)19(23-20(22-18)24(3)4)14-5-7-15(21)8-6-14;3*1-2/h5-10,13,17H,11-12H2,1-4H3;1-2H3;2*1H2/b10-9+;;;. The summed E-state index contributed by atoms with van der Waals surface area (Å²) < 4.78 is 24.4. The van der Waals surface area contributed by atoms with Crippen LogP contribution in [0.3, 0.4) is 0 Å². The van der Waals surface area contributed by atoms with Gasteiger partial charge in [0.1, 0.15) is 19.4 Å². The number of benzene rings is 1. The van der Waals surface area contributed by atoms with Crippen molar-refractivity contribution in [2.45, 2.75) is 39.9 Å². The number of carbonyl (C=O) groups excluding carboxylic acids is 2. The first kappa shape index (κ1) is 29.0. The lowest BCUT2D eigenvalue weighted by Gasteiger charge is -2.19. The van der Waals surface area contributed by atoms with Crippen LogP contribution in [0.4, 0.5) is 10.3 Å². The average Bonchev–Trinajstić information content (AvgIpc) is 3.35. The molecule has 0 atom stereocenters. The molecule has 176 valence electrons. The Bertz CT molecular complexity index is 819. The molecule has 3 rings (SSSR count). The summed E-state index contributed by atoms with van der Waals surface area (Å²) in [5.41, 5.74) is 3.43. The first-order valence-electron chi connectivity index (χ1n) is 10.3. The molecular formula is C24H34FN3O4. The molecule has 1 aliphatic heterocycles. The summed E-state index contributed by atoms with van der Waals surface area (Å²) in [4.78, 5) is 27.3. The van der Waals surface area contributed by atoms with E-state index in [9.17, 15) is 4.39 Å². The van der Waals surface area contributed by atoms with Crippen molar-refractivity contribution in [1.82, 2.24) is 9.97 Å². The van der Waals surface area contributed by atoms with Crippen molar-refractivity contribution in [3.05, 3.63) is 47.4 Å². The van der Waals surface area contributed by atoms with Crippen LogP contribution >= 0.6 is 0 Å². The highest BCUT2D eigenvalue weighted by atomic mass is 19.1. The lowest BCUT2D eigenvalue weighted by molar-refractivity contribution is -0.0987. The Hall–Kier alpha value is -2.97. The number of halogens is 1. The third kappa shape index (κ3) is 8.28. The molecule has 0 bridgehead atoms. The summed E-state index contributed by atoms with van der Waals surface area (Å²) in [5, 5.41) is 0. The SMILES string of the molecule is C=O.C=O.CC.CC(C)c1nc(N(C)C)nc(-c2ccc(F)cc2)c1/C=C/C1OCCO1. The van der Waals surface area contributed by atoms with Gasteiger partial charge < -0.3 is 24.0 Å². The fourth-order valence-electron chi connectivity index (χ4n) is 2.77. The molecule has 1 aromatic carbocycles. The van der Waals surface area contributed by atoms with Crippen LogP contribution in [0, 0.1) is 5.82 Å². The summed E-state index contributed by atoms with van der Waals surface area (Å²) >= 11 is 0. The molecule has 7 nitrogen and oxygen atoms in total. The van der Waals surface area contributed by atoms with E-state index in [1.54, 1.807) is 12.1 Å². The lowest BCUT2D eigenvalue weighted by atomic mass is 9.98. The highest BCUT2D eigenvalue weighted by Gasteiger charge is 2.19. The molecular weight excluding hydrogens is 413 g/mol. The maximum Gasteiger partial charge on any atom is 0.225 e. The van der Waals surface area contributed by atoms with Crippen LogP contribution in [0.1, 0.15) is 44.9 Å². The molecule has 0 amide bonds. The minimum absolute atomic E-state index is 0.195. The van der Waals surface area contributed by atoms with Gasteiger partial charge in [-0.15, -0.1) is 0 Å². The molecule has 0 unspecified atom stereocenters. The monoisotopic (exact) mass is 447 g/mol. The Morgan fingerprint density at radius 1 is 1.03 bits per heavy atom. The van der Waals surface area contributed by atoms with E-state index in [0.717, 1.165) is 22.5 Å². The van der Waals surface area contributed by atoms with E-state index in [4.69, 9.17) is 29.0 Å². The van der Waals surface area contributed by atoms with Gasteiger partial charge in [0, 0.05) is 25.2 Å². The number of hydrogen-bond donors (Lipinski definition) is 0. The van der Waals surface area contributed by atoms with E-state index >= 15 is 0 Å². The zero-order valence-corrected chi connectivity index (χ0v) is 19.8. The van der Waals surface area contributed by atoms with Gasteiger partial charge in [-0.05, 0) is 42.3 Å². The number of nitrogens with zero attached hydrogens (tertiary/aromatic N) is 3. The topological polar surface area (TPSA) is 81.6 Å². The van der Waals surface area contributed by atoms with Crippen LogP contribution in [0.2, 0.25) is 0 Å². The molecule has 32 heavy (non-hydrogen) atoms. The molecule has 2 heterocycles. The van der Waals surface area contributed by atoms with Gasteiger partial charge in [0.15, 0.2) is 6.29 Å². The summed E-state index contributed by atoms with van der Waals surface area (Å²) in [6, 6.07) is 6.36. The minimum Gasteiger partial charge on any atom is -0.347 e. The van der Waals surface area contributed by atoms with E-state index in [1.807, 2.05) is 58.6 Å². The molecule has 0 aliphatic carbocycles. The molecule has 1 fully saturated rings. The first-order chi connectivity index (χ1) is 15.5. The Morgan fingerprint density at radius 2 is 1.56 bits per heavy atom. The Balaban J connectivity index is 0.00000148. The van der Waals surface area contributed by atoms with Gasteiger partial charge in [-0.25, -0.2) is 14.4 Å². The minimum atomic E-state index is -0.357. The van der Waals surface area contributed by atoms with Gasteiger partial charge in [-0.2, -0.15) is 0 Å². The highest BCUT2D eigenvalue weighted by molar-refractivity contribution is 5.74. The van der Waals surface area contributed by atoms with Crippen LogP contribution < -0.4 is 4.90 Å². The maximum atomic E-state index is 13.4. The van der Waals surface area contributed by atoms with Crippen molar-refractivity contribution in [2.75, 3.05) is 32.2 Å². The van der Waals surface area contributed by atoms with Crippen molar-refractivity contribution >= 4 is 25.6 Å². The second kappa shape index (κ2) is 15.8. The molecule has 0 spiro atoms. The van der Waals surface area contributed by atoms with E-state index in [1.165, 1.54) is 12.1 Å². The van der Waals surface area contributed by atoms with Crippen molar-refractivity contribution in [2.24, 2.45) is 0 Å². The maximum absolute atomic E-state index is 13.4. The number of rotatable bonds is 5. The van der Waals surface area contributed by atoms with Crippen LogP contribution in [-0.2, 0) is 19.1 Å². The second-order valence-corrected chi connectivity index (χ2v) is 6.70. The number of hydrogen-bond acceptors (Lipinski definition) is 7. The molecule has 0 radical (unpaired) electrons. The third-order valence-corrected chi connectivity index (χ3v) is 4.10. The van der Waals surface area contributed by atoms with E-state index < -0.39 is 0 Å². The first-order valence-corrected chi connectivity index (χ1v) is 10.3. The van der Waals surface area contributed by atoms with E-state index in [0.29, 0.717) is 19.2 Å². The molecule has 0 saturated carbocycles. The number of aromatic nitrogens is 2. The molecule has 1 saturated heterocycles. The van der Waals surface area contributed by atoms with Crippen LogP contribution in [0.15, 0.2) is 30.3 Å². The smallest absolute Gasteiger partial charge is 0.225 e. The highest BCUT2D eigenvalue weighted by Crippen LogP contribution is 2.31. The van der Waals surface area contributed by atoms with Crippen molar-refractivity contribution in [3.8, 4) is 11.3 Å². The van der Waals surface area contributed by atoms with Gasteiger partial charge in [-0.3, -0.25) is 0 Å². The zero-order chi connectivity index (χ0) is 24.7. The van der Waals surface area contributed by atoms with Crippen LogP contribution in [0.5, 0.6) is 0 Å². The van der Waals surface area contributed by atoms with Gasteiger partial charge in [0.25, 0.3) is 0 Å². The molecule has 8 heteroatoms. The predicted octanol–water partition coefficient (Wildman–Crippen LogP) is 4.51. The molecule has 2 aromatic rings. The fraction of sp³-hybridized carbons (Fsp3) is 0.417. The molecule has 0 N–H and O–H groups in total. The number of anilines is 1. The van der Waals surface area contributed by atoms with Gasteiger partial charge in [0.05, 0.1) is 24.6 Å². The van der Waals surface area contributed by atoms with Crippen molar-refractivity contribution in [1.29, 1.82) is 0 Å². The largest absolute Gasteiger partial charge is 0.347 e. The van der Waals surface area contributed by atoms with Crippen LogP contribution in [-0.4, -0.2) is 57.1 Å². The Morgan fingerprint density at radius 3 is 2.03 bits per heavy atom. The van der Waals surface area contributed by atoms with Crippen molar-refractivity contribution < 1.29 is 23.5 Å². The quantitative estimate of drug-likeness (QED) is 0.667.